The summed E-state index contributed by atoms with van der Waals surface area (Å²) in [4.78, 5) is 37.8. The molecule has 9 heteroatoms. The monoisotopic (exact) mass is 464 g/mol. The summed E-state index contributed by atoms with van der Waals surface area (Å²) in [5, 5.41) is 3.03. The van der Waals surface area contributed by atoms with Crippen molar-refractivity contribution in [2.24, 2.45) is 0 Å². The Kier molecular flexibility index (Phi) is 7.12. The highest BCUT2D eigenvalue weighted by Crippen LogP contribution is 2.40. The number of carbonyl (C=O) groups is 2. The predicted molar refractivity (Wildman–Crippen MR) is 133 cm³/mol. The number of anilines is 2. The van der Waals surface area contributed by atoms with E-state index in [-0.39, 0.29) is 11.9 Å². The van der Waals surface area contributed by atoms with Crippen molar-refractivity contribution in [2.75, 3.05) is 44.0 Å². The van der Waals surface area contributed by atoms with Crippen molar-refractivity contribution >= 4 is 35.0 Å². The van der Waals surface area contributed by atoms with E-state index in [4.69, 9.17) is 9.72 Å². The average molecular weight is 465 g/mol. The van der Waals surface area contributed by atoms with E-state index in [0.29, 0.717) is 35.1 Å². The van der Waals surface area contributed by atoms with Crippen molar-refractivity contribution in [3.8, 4) is 5.75 Å². The smallest absolute Gasteiger partial charge is 0.258 e. The highest BCUT2D eigenvalue weighted by molar-refractivity contribution is 6.05. The van der Waals surface area contributed by atoms with Gasteiger partial charge in [-0.3, -0.25) is 19.9 Å². The molecular weight excluding hydrogens is 432 g/mol. The van der Waals surface area contributed by atoms with Crippen LogP contribution in [0.15, 0.2) is 30.5 Å². The van der Waals surface area contributed by atoms with Crippen LogP contribution in [0.3, 0.4) is 0 Å². The van der Waals surface area contributed by atoms with Gasteiger partial charge in [0, 0.05) is 37.1 Å². The number of nitrogens with one attached hydrogen (secondary N) is 1. The molecule has 1 aliphatic rings. The third-order valence-electron chi connectivity index (χ3n) is 6.20. The van der Waals surface area contributed by atoms with Gasteiger partial charge in [-0.1, -0.05) is 6.42 Å². The van der Waals surface area contributed by atoms with Gasteiger partial charge in [-0.05, 0) is 64.5 Å². The van der Waals surface area contributed by atoms with Gasteiger partial charge in [0.2, 0.25) is 12.4 Å². The lowest BCUT2D eigenvalue weighted by Crippen LogP contribution is -2.28. The zero-order chi connectivity index (χ0) is 24.2. The number of hydrogen-bond donors (Lipinski definition) is 1. The number of nitrogens with zero attached hydrogens (tertiary/aromatic N) is 5. The van der Waals surface area contributed by atoms with Gasteiger partial charge in [-0.15, -0.1) is 0 Å². The lowest BCUT2D eigenvalue weighted by atomic mass is 10.1. The number of pyridine rings is 1. The van der Waals surface area contributed by atoms with Gasteiger partial charge < -0.3 is 19.1 Å². The third-order valence-corrected chi connectivity index (χ3v) is 6.20. The quantitative estimate of drug-likeness (QED) is 0.537. The summed E-state index contributed by atoms with van der Waals surface area (Å²) in [6, 6.07) is 7.22. The van der Waals surface area contributed by atoms with Crippen LogP contribution in [-0.2, 0) is 4.79 Å². The SMILES string of the molecule is CCOc1ccc2nc(NC(=O)c3ccnc(C)c3)n(C3CCCCN(C)C3)c2c1N(C)C=O. The van der Waals surface area contributed by atoms with E-state index in [0.717, 1.165) is 50.0 Å². The van der Waals surface area contributed by atoms with Crippen molar-refractivity contribution in [3.05, 3.63) is 41.7 Å². The third kappa shape index (κ3) is 4.75. The number of amides is 2. The summed E-state index contributed by atoms with van der Waals surface area (Å²) in [5.74, 6) is 0.818. The first-order valence-corrected chi connectivity index (χ1v) is 11.7. The van der Waals surface area contributed by atoms with Gasteiger partial charge in [-0.2, -0.15) is 0 Å². The van der Waals surface area contributed by atoms with E-state index in [2.05, 4.69) is 26.8 Å². The lowest BCUT2D eigenvalue weighted by molar-refractivity contribution is -0.107. The lowest BCUT2D eigenvalue weighted by Gasteiger charge is -2.26. The van der Waals surface area contributed by atoms with E-state index in [1.165, 1.54) is 4.90 Å². The highest BCUT2D eigenvalue weighted by atomic mass is 16.5. The number of likely N-dealkylation sites (tertiary alicyclic amines) is 1. The topological polar surface area (TPSA) is 92.6 Å². The molecule has 1 N–H and O–H groups in total. The maximum atomic E-state index is 13.2. The molecule has 0 radical (unpaired) electrons. The number of hydrogen-bond acceptors (Lipinski definition) is 6. The molecule has 9 nitrogen and oxygen atoms in total. The Morgan fingerprint density at radius 1 is 1.32 bits per heavy atom. The fraction of sp³-hybridized carbons (Fsp3) is 0.440. The fourth-order valence-electron chi connectivity index (χ4n) is 4.64. The molecule has 1 atom stereocenters. The van der Waals surface area contributed by atoms with Gasteiger partial charge in [-0.25, -0.2) is 4.98 Å². The molecule has 1 unspecified atom stereocenters. The minimum atomic E-state index is -0.251. The van der Waals surface area contributed by atoms with E-state index < -0.39 is 0 Å². The minimum Gasteiger partial charge on any atom is -0.492 e. The Bertz CT molecular complexity index is 1190. The Labute approximate surface area is 199 Å². The second-order valence-corrected chi connectivity index (χ2v) is 8.79. The van der Waals surface area contributed by atoms with Gasteiger partial charge in [0.1, 0.15) is 11.4 Å². The van der Waals surface area contributed by atoms with Crippen LogP contribution in [0.2, 0.25) is 0 Å². The molecule has 0 bridgehead atoms. The molecule has 2 amide bonds. The van der Waals surface area contributed by atoms with Crippen molar-refractivity contribution in [2.45, 2.75) is 39.2 Å². The molecule has 1 saturated heterocycles. The molecule has 4 rings (SSSR count). The molecular formula is C25H32N6O3. The summed E-state index contributed by atoms with van der Waals surface area (Å²) >= 11 is 0. The predicted octanol–water partition coefficient (Wildman–Crippen LogP) is 3.64. The maximum Gasteiger partial charge on any atom is 0.258 e. The first kappa shape index (κ1) is 23.7. The van der Waals surface area contributed by atoms with Crippen LogP contribution in [0.25, 0.3) is 11.0 Å². The second-order valence-electron chi connectivity index (χ2n) is 8.79. The second kappa shape index (κ2) is 10.2. The molecule has 34 heavy (non-hydrogen) atoms. The normalized spacial score (nSPS) is 16.8. The molecule has 2 aromatic heterocycles. The Balaban J connectivity index is 1.90. The van der Waals surface area contributed by atoms with E-state index >= 15 is 0 Å². The molecule has 3 aromatic rings. The highest BCUT2D eigenvalue weighted by Gasteiger charge is 2.28. The largest absolute Gasteiger partial charge is 0.492 e. The summed E-state index contributed by atoms with van der Waals surface area (Å²) < 4.78 is 7.97. The van der Waals surface area contributed by atoms with Crippen LogP contribution in [0.4, 0.5) is 11.6 Å². The first-order chi connectivity index (χ1) is 16.4. The van der Waals surface area contributed by atoms with Crippen molar-refractivity contribution < 1.29 is 14.3 Å². The Morgan fingerprint density at radius 3 is 2.88 bits per heavy atom. The van der Waals surface area contributed by atoms with Crippen LogP contribution in [0, 0.1) is 6.92 Å². The molecule has 1 aromatic carbocycles. The average Bonchev–Trinajstić information content (AvgIpc) is 3.03. The van der Waals surface area contributed by atoms with Crippen LogP contribution < -0.4 is 15.0 Å². The van der Waals surface area contributed by atoms with Gasteiger partial charge in [0.15, 0.2) is 0 Å². The molecule has 0 saturated carbocycles. The number of carbonyl (C=O) groups excluding carboxylic acids is 2. The summed E-state index contributed by atoms with van der Waals surface area (Å²) in [7, 11) is 3.82. The van der Waals surface area contributed by atoms with Gasteiger partial charge in [0.05, 0.1) is 17.6 Å². The molecule has 180 valence electrons. The summed E-state index contributed by atoms with van der Waals surface area (Å²) in [6.07, 6.45) is 5.51. The van der Waals surface area contributed by atoms with Gasteiger partial charge in [0.25, 0.3) is 5.91 Å². The standard InChI is InChI=1S/C25H32N6O3/c1-5-34-21-10-9-20-22(23(21)30(4)16-32)31(19-8-6-7-13-29(3)15-19)25(27-20)28-24(33)18-11-12-26-17(2)14-18/h9-12,14,16,19H,5-8,13,15H2,1-4H3,(H,27,28,33). The molecule has 0 spiro atoms. The summed E-state index contributed by atoms with van der Waals surface area (Å²) in [5.41, 5.74) is 3.41. The molecule has 1 aliphatic heterocycles. The number of aryl methyl sites for hydroxylation is 1. The zero-order valence-corrected chi connectivity index (χ0v) is 20.2. The number of rotatable bonds is 7. The van der Waals surface area contributed by atoms with Crippen LogP contribution in [0.5, 0.6) is 5.75 Å². The number of likely N-dealkylation sites (N-methyl/N-ethyl adjacent to an activating group) is 1. The van der Waals surface area contributed by atoms with Crippen molar-refractivity contribution in [1.29, 1.82) is 0 Å². The van der Waals surface area contributed by atoms with E-state index in [9.17, 15) is 9.59 Å². The van der Waals surface area contributed by atoms with Crippen molar-refractivity contribution in [1.82, 2.24) is 19.4 Å². The minimum absolute atomic E-state index is 0.0719. The van der Waals surface area contributed by atoms with Crippen LogP contribution >= 0.6 is 0 Å². The first-order valence-electron chi connectivity index (χ1n) is 11.7. The van der Waals surface area contributed by atoms with E-state index in [1.807, 2.05) is 26.0 Å². The van der Waals surface area contributed by atoms with Crippen molar-refractivity contribution in [3.63, 3.8) is 0 Å². The summed E-state index contributed by atoms with van der Waals surface area (Å²) in [6.45, 7) is 6.06. The van der Waals surface area contributed by atoms with Crippen LogP contribution in [-0.4, -0.2) is 65.5 Å². The molecule has 3 heterocycles. The number of fused-ring (bicyclic) bond motifs is 1. The molecule has 0 aliphatic carbocycles. The van der Waals surface area contributed by atoms with Gasteiger partial charge >= 0.3 is 0 Å². The number of imidazole rings is 1. The fourth-order valence-corrected chi connectivity index (χ4v) is 4.64. The maximum absolute atomic E-state index is 13.2. The Hall–Kier alpha value is -3.46. The number of aromatic nitrogens is 3. The van der Waals surface area contributed by atoms with Crippen LogP contribution in [0.1, 0.15) is 48.3 Å². The number of ether oxygens (including phenoxy) is 1. The number of benzene rings is 1. The Morgan fingerprint density at radius 2 is 2.15 bits per heavy atom. The van der Waals surface area contributed by atoms with E-state index in [1.54, 1.807) is 25.4 Å². The molecule has 1 fully saturated rings. The zero-order valence-electron chi connectivity index (χ0n) is 20.2.